The van der Waals surface area contributed by atoms with Crippen LogP contribution in [0.4, 0.5) is 14.5 Å². The van der Waals surface area contributed by atoms with Crippen molar-refractivity contribution in [1.82, 2.24) is 14.5 Å². The van der Waals surface area contributed by atoms with Crippen LogP contribution in [0.15, 0.2) is 41.7 Å². The number of halogens is 4. The highest BCUT2D eigenvalue weighted by molar-refractivity contribution is 14.0. The van der Waals surface area contributed by atoms with Crippen molar-refractivity contribution >= 4 is 47.2 Å². The van der Waals surface area contributed by atoms with Crippen molar-refractivity contribution in [2.45, 2.75) is 13.1 Å². The van der Waals surface area contributed by atoms with E-state index in [1.165, 1.54) is 12.4 Å². The number of anilines is 1. The van der Waals surface area contributed by atoms with Gasteiger partial charge < -0.3 is 15.5 Å². The van der Waals surface area contributed by atoms with Crippen LogP contribution in [0.1, 0.15) is 12.4 Å². The van der Waals surface area contributed by atoms with Crippen molar-refractivity contribution < 1.29 is 8.78 Å². The molecule has 0 bridgehead atoms. The zero-order valence-corrected chi connectivity index (χ0v) is 17.0. The third-order valence-electron chi connectivity index (χ3n) is 4.14. The van der Waals surface area contributed by atoms with Crippen molar-refractivity contribution in [1.29, 1.82) is 0 Å². The van der Waals surface area contributed by atoms with Gasteiger partial charge in [0.15, 0.2) is 5.96 Å². The van der Waals surface area contributed by atoms with Crippen LogP contribution in [0.3, 0.4) is 0 Å². The number of nitrogens with zero attached hydrogens (tertiary/aromatic N) is 5. The van der Waals surface area contributed by atoms with Gasteiger partial charge in [-0.1, -0.05) is 11.6 Å². The van der Waals surface area contributed by atoms with Crippen LogP contribution in [0.5, 0.6) is 0 Å². The van der Waals surface area contributed by atoms with Gasteiger partial charge in [-0.2, -0.15) is 8.78 Å². The van der Waals surface area contributed by atoms with Gasteiger partial charge in [-0.25, -0.2) is 9.98 Å². The highest BCUT2D eigenvalue weighted by atomic mass is 127. The number of aromatic nitrogens is 2. The number of alkyl halides is 2. The van der Waals surface area contributed by atoms with Crippen LogP contribution >= 0.6 is 35.6 Å². The number of imidazole rings is 1. The summed E-state index contributed by atoms with van der Waals surface area (Å²) in [6.07, 6.45) is 2.56. The van der Waals surface area contributed by atoms with Gasteiger partial charge in [0.1, 0.15) is 12.4 Å². The maximum atomic E-state index is 12.8. The number of aliphatic imine (C=N–C) groups is 1. The number of piperazine rings is 1. The second kappa shape index (κ2) is 9.36. The maximum Gasteiger partial charge on any atom is 0.319 e. The first-order chi connectivity index (χ1) is 12.0. The molecule has 1 saturated heterocycles. The predicted molar refractivity (Wildman–Crippen MR) is 109 cm³/mol. The van der Waals surface area contributed by atoms with Gasteiger partial charge in [0.2, 0.25) is 0 Å². The lowest BCUT2D eigenvalue weighted by molar-refractivity contribution is 0.0671. The molecule has 0 atom stereocenters. The van der Waals surface area contributed by atoms with Crippen LogP contribution in [0.25, 0.3) is 0 Å². The Morgan fingerprint density at radius 2 is 1.85 bits per heavy atom. The van der Waals surface area contributed by atoms with E-state index in [2.05, 4.69) is 14.9 Å². The molecule has 0 spiro atoms. The lowest BCUT2D eigenvalue weighted by Gasteiger charge is -2.36. The topological polar surface area (TPSA) is 62.7 Å². The van der Waals surface area contributed by atoms with E-state index < -0.39 is 6.55 Å². The molecule has 3 rings (SSSR count). The molecule has 6 nitrogen and oxygen atoms in total. The van der Waals surface area contributed by atoms with E-state index in [0.717, 1.165) is 23.3 Å². The first-order valence-corrected chi connectivity index (χ1v) is 8.27. The number of rotatable bonds is 4. The first kappa shape index (κ1) is 20.7. The van der Waals surface area contributed by atoms with E-state index in [1.807, 2.05) is 29.2 Å². The van der Waals surface area contributed by atoms with Gasteiger partial charge in [0.25, 0.3) is 0 Å². The van der Waals surface area contributed by atoms with Crippen molar-refractivity contribution in [3.63, 3.8) is 0 Å². The second-order valence-electron chi connectivity index (χ2n) is 5.65. The minimum atomic E-state index is -2.63. The molecule has 2 aromatic rings. The summed E-state index contributed by atoms with van der Waals surface area (Å²) in [5.74, 6) is 0.539. The molecule has 1 aromatic carbocycles. The zero-order chi connectivity index (χ0) is 17.8. The normalized spacial score (nSPS) is 15.3. The molecule has 0 aliphatic carbocycles. The molecule has 0 amide bonds. The third kappa shape index (κ3) is 4.97. The van der Waals surface area contributed by atoms with Gasteiger partial charge in [-0.15, -0.1) is 24.0 Å². The molecule has 1 aliphatic rings. The molecule has 0 saturated carbocycles. The zero-order valence-electron chi connectivity index (χ0n) is 13.9. The molecule has 26 heavy (non-hydrogen) atoms. The standard InChI is InChI=1S/C16H19ClF2N6.HI/c17-12-1-3-13(4-2-12)23-7-9-24(10-8-23)16(20)22-11-14-21-5-6-25(14)15(18)19;/h1-6,15H,7-11H2,(H2,20,22);1H. The molecular weight excluding hydrogens is 477 g/mol. The Bertz CT molecular complexity index is 729. The summed E-state index contributed by atoms with van der Waals surface area (Å²) in [5.41, 5.74) is 7.12. The molecule has 1 fully saturated rings. The predicted octanol–water partition coefficient (Wildman–Crippen LogP) is 3.19. The third-order valence-corrected chi connectivity index (χ3v) is 4.39. The summed E-state index contributed by atoms with van der Waals surface area (Å²) < 4.78 is 26.4. The van der Waals surface area contributed by atoms with Gasteiger partial charge in [-0.05, 0) is 24.3 Å². The fourth-order valence-electron chi connectivity index (χ4n) is 2.74. The number of benzene rings is 1. The molecule has 0 unspecified atom stereocenters. The van der Waals surface area contributed by atoms with Crippen molar-refractivity contribution in [3.05, 3.63) is 47.5 Å². The van der Waals surface area contributed by atoms with Crippen molar-refractivity contribution in [2.75, 3.05) is 31.1 Å². The van der Waals surface area contributed by atoms with E-state index in [-0.39, 0.29) is 36.3 Å². The lowest BCUT2D eigenvalue weighted by atomic mass is 10.2. The SMILES string of the molecule is I.NC(=NCc1nccn1C(F)F)N1CCN(c2ccc(Cl)cc2)CC1. The summed E-state index contributed by atoms with van der Waals surface area (Å²) in [5, 5.41) is 0.709. The quantitative estimate of drug-likeness (QED) is 0.401. The minimum absolute atomic E-state index is 0. The number of guanidine groups is 1. The Hall–Kier alpha value is -1.62. The Labute approximate surface area is 172 Å². The van der Waals surface area contributed by atoms with Gasteiger partial charge in [0.05, 0.1) is 0 Å². The first-order valence-electron chi connectivity index (χ1n) is 7.90. The van der Waals surface area contributed by atoms with Crippen LogP contribution in [-0.2, 0) is 6.54 Å². The molecule has 2 heterocycles. The molecule has 0 radical (unpaired) electrons. The minimum Gasteiger partial charge on any atom is -0.370 e. The Kier molecular flexibility index (Phi) is 7.44. The average molecular weight is 497 g/mol. The summed E-state index contributed by atoms with van der Waals surface area (Å²) in [7, 11) is 0. The number of hydrogen-bond donors (Lipinski definition) is 1. The van der Waals surface area contributed by atoms with Crippen molar-refractivity contribution in [2.24, 2.45) is 10.7 Å². The van der Waals surface area contributed by atoms with E-state index in [9.17, 15) is 8.78 Å². The summed E-state index contributed by atoms with van der Waals surface area (Å²) in [6, 6.07) is 7.70. The number of nitrogens with two attached hydrogens (primary N) is 1. The molecule has 1 aromatic heterocycles. The molecular formula is C16H20ClF2IN6. The Morgan fingerprint density at radius 3 is 2.46 bits per heavy atom. The van der Waals surface area contributed by atoms with Crippen LogP contribution < -0.4 is 10.6 Å². The van der Waals surface area contributed by atoms with Crippen molar-refractivity contribution in [3.8, 4) is 0 Å². The average Bonchev–Trinajstić information content (AvgIpc) is 3.09. The van der Waals surface area contributed by atoms with E-state index >= 15 is 0 Å². The highest BCUT2D eigenvalue weighted by Crippen LogP contribution is 2.19. The molecule has 142 valence electrons. The summed E-state index contributed by atoms with van der Waals surface area (Å²) in [4.78, 5) is 12.3. The number of hydrogen-bond acceptors (Lipinski definition) is 3. The highest BCUT2D eigenvalue weighted by Gasteiger charge is 2.19. The van der Waals surface area contributed by atoms with Crippen LogP contribution in [0.2, 0.25) is 5.02 Å². The van der Waals surface area contributed by atoms with E-state index in [1.54, 1.807) is 0 Å². The van der Waals surface area contributed by atoms with Crippen LogP contribution in [-0.4, -0.2) is 46.6 Å². The van der Waals surface area contributed by atoms with Crippen LogP contribution in [0, 0.1) is 0 Å². The molecule has 1 aliphatic heterocycles. The fourth-order valence-corrected chi connectivity index (χ4v) is 2.87. The molecule has 10 heteroatoms. The monoisotopic (exact) mass is 496 g/mol. The summed E-state index contributed by atoms with van der Waals surface area (Å²) >= 11 is 5.91. The van der Waals surface area contributed by atoms with E-state index in [0.29, 0.717) is 24.1 Å². The lowest BCUT2D eigenvalue weighted by Crippen LogP contribution is -2.51. The summed E-state index contributed by atoms with van der Waals surface area (Å²) in [6.45, 7) is 0.410. The Balaban J connectivity index is 0.00000243. The van der Waals surface area contributed by atoms with E-state index in [4.69, 9.17) is 17.3 Å². The van der Waals surface area contributed by atoms with Gasteiger partial charge in [0, 0.05) is 49.3 Å². The largest absolute Gasteiger partial charge is 0.370 e. The van der Waals surface area contributed by atoms with Gasteiger partial charge >= 0.3 is 6.55 Å². The maximum absolute atomic E-state index is 12.8. The smallest absolute Gasteiger partial charge is 0.319 e. The second-order valence-corrected chi connectivity index (χ2v) is 6.09. The fraction of sp³-hybridized carbons (Fsp3) is 0.375. The Morgan fingerprint density at radius 1 is 1.19 bits per heavy atom. The molecule has 2 N–H and O–H groups in total. The van der Waals surface area contributed by atoms with Gasteiger partial charge in [-0.3, -0.25) is 4.57 Å².